The zero-order valence-electron chi connectivity index (χ0n) is 14.8. The fourth-order valence-electron chi connectivity index (χ4n) is 2.62. The van der Waals surface area contributed by atoms with Crippen molar-refractivity contribution in [1.82, 2.24) is 39.7 Å². The molecule has 0 atom stereocenters. The molecule has 140 valence electrons. The first-order chi connectivity index (χ1) is 13.2. The quantitative estimate of drug-likeness (QED) is 0.475. The van der Waals surface area contributed by atoms with Gasteiger partial charge in [-0.05, 0) is 30.5 Å². The molecule has 0 radical (unpaired) electrons. The average molecular weight is 389 g/mol. The minimum atomic E-state index is 0.167. The van der Waals surface area contributed by atoms with E-state index in [9.17, 15) is 0 Å². The molecule has 0 saturated carbocycles. The Hall–Kier alpha value is -3.01. The Morgan fingerprint density at radius 2 is 2.15 bits per heavy atom. The van der Waals surface area contributed by atoms with Crippen LogP contribution < -0.4 is 4.74 Å². The van der Waals surface area contributed by atoms with Crippen molar-refractivity contribution in [3.05, 3.63) is 35.1 Å². The predicted molar refractivity (Wildman–Crippen MR) is 95.2 cm³/mol. The highest BCUT2D eigenvalue weighted by Gasteiger charge is 2.18. The van der Waals surface area contributed by atoms with Crippen molar-refractivity contribution in [3.63, 3.8) is 0 Å². The molecule has 4 heterocycles. The number of aryl methyl sites for hydroxylation is 2. The van der Waals surface area contributed by atoms with E-state index in [4.69, 9.17) is 20.9 Å². The number of halogens is 1. The summed E-state index contributed by atoms with van der Waals surface area (Å²) in [5.41, 5.74) is 2.01. The largest absolute Gasteiger partial charge is 0.468 e. The lowest BCUT2D eigenvalue weighted by Gasteiger charge is -2.10. The molecule has 0 aliphatic heterocycles. The molecule has 0 fully saturated rings. The second-order valence-electron chi connectivity index (χ2n) is 5.98. The van der Waals surface area contributed by atoms with Crippen LogP contribution in [0.3, 0.4) is 0 Å². The van der Waals surface area contributed by atoms with E-state index in [1.807, 2.05) is 13.1 Å². The lowest BCUT2D eigenvalue weighted by Crippen LogP contribution is -2.09. The minimum Gasteiger partial charge on any atom is -0.468 e. The monoisotopic (exact) mass is 388 g/mol. The maximum absolute atomic E-state index is 5.95. The van der Waals surface area contributed by atoms with Crippen molar-refractivity contribution in [2.75, 3.05) is 0 Å². The van der Waals surface area contributed by atoms with E-state index in [0.29, 0.717) is 28.9 Å². The Bertz CT molecular complexity index is 1070. The van der Waals surface area contributed by atoms with E-state index in [1.54, 1.807) is 15.3 Å². The summed E-state index contributed by atoms with van der Waals surface area (Å²) in [6.07, 6.45) is 4.38. The number of unbranched alkanes of at least 4 members (excludes halogenated alkanes) is 1. The van der Waals surface area contributed by atoms with Gasteiger partial charge in [-0.3, -0.25) is 4.68 Å². The Morgan fingerprint density at radius 3 is 2.85 bits per heavy atom. The molecule has 0 aliphatic carbocycles. The van der Waals surface area contributed by atoms with Crippen molar-refractivity contribution in [2.24, 2.45) is 7.05 Å². The van der Waals surface area contributed by atoms with Gasteiger partial charge in [0.1, 0.15) is 12.9 Å². The van der Waals surface area contributed by atoms with Crippen LogP contribution >= 0.6 is 11.6 Å². The van der Waals surface area contributed by atoms with Crippen LogP contribution in [0, 0.1) is 0 Å². The number of fused-ring (bicyclic) bond motifs is 1. The number of nitrogens with zero attached hydrogens (tertiary/aromatic N) is 8. The third kappa shape index (κ3) is 3.47. The Kier molecular flexibility index (Phi) is 4.71. The summed E-state index contributed by atoms with van der Waals surface area (Å²) in [5, 5.41) is 21.0. The van der Waals surface area contributed by atoms with Gasteiger partial charge in [0.15, 0.2) is 17.2 Å². The van der Waals surface area contributed by atoms with Gasteiger partial charge in [0.25, 0.3) is 0 Å². The van der Waals surface area contributed by atoms with Gasteiger partial charge in [-0.15, -0.1) is 15.3 Å². The van der Waals surface area contributed by atoms with Crippen molar-refractivity contribution in [1.29, 1.82) is 0 Å². The lowest BCUT2D eigenvalue weighted by molar-refractivity contribution is 0.271. The number of hydrogen-bond donors (Lipinski definition) is 0. The summed E-state index contributed by atoms with van der Waals surface area (Å²) >= 11 is 5.82. The molecule has 4 aromatic heterocycles. The molecule has 0 unspecified atom stereocenters. The lowest BCUT2D eigenvalue weighted by atomic mass is 10.1. The van der Waals surface area contributed by atoms with Gasteiger partial charge in [0, 0.05) is 18.7 Å². The fourth-order valence-corrected chi connectivity index (χ4v) is 2.76. The number of aromatic nitrogens is 8. The SMILES string of the molecule is CCCCc1cc2nnc(-c3cc(Cl)on3)n2nc1OCc1ncnn1C. The zero-order valence-corrected chi connectivity index (χ0v) is 15.6. The second-order valence-corrected chi connectivity index (χ2v) is 6.35. The van der Waals surface area contributed by atoms with Gasteiger partial charge in [0.2, 0.25) is 16.9 Å². The van der Waals surface area contributed by atoms with Crippen molar-refractivity contribution >= 4 is 17.2 Å². The molecule has 0 bridgehead atoms. The highest BCUT2D eigenvalue weighted by molar-refractivity contribution is 6.29. The molecule has 0 saturated heterocycles. The van der Waals surface area contributed by atoms with Crippen molar-refractivity contribution < 1.29 is 9.26 Å². The summed E-state index contributed by atoms with van der Waals surface area (Å²) in [7, 11) is 1.81. The molecular formula is C16H17ClN8O2. The third-order valence-electron chi connectivity index (χ3n) is 4.09. The van der Waals surface area contributed by atoms with E-state index in [0.717, 1.165) is 24.8 Å². The van der Waals surface area contributed by atoms with Crippen LogP contribution in [0.1, 0.15) is 31.2 Å². The van der Waals surface area contributed by atoms with Gasteiger partial charge in [-0.25, -0.2) is 4.98 Å². The predicted octanol–water partition coefficient (Wildman–Crippen LogP) is 2.48. The molecule has 0 amide bonds. The van der Waals surface area contributed by atoms with Crippen LogP contribution in [0.15, 0.2) is 23.0 Å². The molecule has 11 heteroatoms. The molecule has 0 aromatic carbocycles. The van der Waals surface area contributed by atoms with Gasteiger partial charge < -0.3 is 9.26 Å². The normalized spacial score (nSPS) is 11.4. The summed E-state index contributed by atoms with van der Waals surface area (Å²) in [6.45, 7) is 2.39. The Morgan fingerprint density at radius 1 is 1.26 bits per heavy atom. The Balaban J connectivity index is 1.72. The Labute approximate surface area is 159 Å². The first-order valence-corrected chi connectivity index (χ1v) is 8.87. The van der Waals surface area contributed by atoms with E-state index < -0.39 is 0 Å². The van der Waals surface area contributed by atoms with Gasteiger partial charge in [-0.2, -0.15) is 9.61 Å². The summed E-state index contributed by atoms with van der Waals surface area (Å²) < 4.78 is 14.1. The van der Waals surface area contributed by atoms with Crippen LogP contribution in [-0.4, -0.2) is 39.7 Å². The fraction of sp³-hybridized carbons (Fsp3) is 0.375. The van der Waals surface area contributed by atoms with Crippen LogP contribution in [0.25, 0.3) is 17.2 Å². The number of hydrogen-bond acceptors (Lipinski definition) is 8. The molecule has 27 heavy (non-hydrogen) atoms. The molecule has 0 spiro atoms. The van der Waals surface area contributed by atoms with Gasteiger partial charge in [0.05, 0.1) is 0 Å². The highest BCUT2D eigenvalue weighted by atomic mass is 35.5. The van der Waals surface area contributed by atoms with Crippen molar-refractivity contribution in [2.45, 2.75) is 32.8 Å². The summed E-state index contributed by atoms with van der Waals surface area (Å²) in [4.78, 5) is 4.17. The summed E-state index contributed by atoms with van der Waals surface area (Å²) in [6, 6.07) is 3.48. The van der Waals surface area contributed by atoms with E-state index in [-0.39, 0.29) is 11.8 Å². The van der Waals surface area contributed by atoms with E-state index in [2.05, 4.69) is 37.5 Å². The average Bonchev–Trinajstić information content (AvgIpc) is 3.37. The first kappa shape index (κ1) is 17.4. The van der Waals surface area contributed by atoms with Crippen LogP contribution in [0.4, 0.5) is 0 Å². The number of rotatable bonds is 7. The van der Waals surface area contributed by atoms with Crippen LogP contribution in [0.2, 0.25) is 5.22 Å². The van der Waals surface area contributed by atoms with E-state index >= 15 is 0 Å². The highest BCUT2D eigenvalue weighted by Crippen LogP contribution is 2.24. The summed E-state index contributed by atoms with van der Waals surface area (Å²) in [5.74, 6) is 1.62. The van der Waals surface area contributed by atoms with Crippen molar-refractivity contribution in [3.8, 4) is 17.4 Å². The molecular weight excluding hydrogens is 372 g/mol. The smallest absolute Gasteiger partial charge is 0.235 e. The zero-order chi connectivity index (χ0) is 18.8. The molecule has 10 nitrogen and oxygen atoms in total. The molecule has 4 rings (SSSR count). The molecule has 0 aliphatic rings. The number of ether oxygens (including phenoxy) is 1. The topological polar surface area (TPSA) is 109 Å². The standard InChI is InChI=1S/C16H17ClN8O2/c1-3-4-5-10-6-13-20-21-15(11-7-12(17)27-23-11)25(13)22-16(10)26-8-14-18-9-19-24(14)2/h6-7,9H,3-5,8H2,1-2H3. The van der Waals surface area contributed by atoms with Gasteiger partial charge in [-0.1, -0.05) is 18.5 Å². The maximum atomic E-state index is 5.95. The van der Waals surface area contributed by atoms with Crippen LogP contribution in [-0.2, 0) is 20.1 Å². The minimum absolute atomic E-state index is 0.167. The third-order valence-corrected chi connectivity index (χ3v) is 4.27. The van der Waals surface area contributed by atoms with E-state index in [1.165, 1.54) is 6.33 Å². The second kappa shape index (κ2) is 7.31. The first-order valence-electron chi connectivity index (χ1n) is 8.49. The molecule has 0 N–H and O–H groups in total. The van der Waals surface area contributed by atoms with Gasteiger partial charge >= 0.3 is 0 Å². The van der Waals surface area contributed by atoms with Crippen LogP contribution in [0.5, 0.6) is 5.88 Å². The molecule has 4 aromatic rings. The maximum Gasteiger partial charge on any atom is 0.235 e.